The van der Waals surface area contributed by atoms with E-state index >= 15 is 0 Å². The van der Waals surface area contributed by atoms with E-state index in [0.717, 1.165) is 12.8 Å². The van der Waals surface area contributed by atoms with Crippen molar-refractivity contribution in [2.75, 3.05) is 0 Å². The molecule has 2 unspecified atom stereocenters. The van der Waals surface area contributed by atoms with Gasteiger partial charge in [-0.3, -0.25) is 5.32 Å². The lowest BCUT2D eigenvalue weighted by molar-refractivity contribution is 0.555. The van der Waals surface area contributed by atoms with Crippen LogP contribution in [-0.2, 0) is 6.42 Å². The number of benzene rings is 3. The minimum Gasteiger partial charge on any atom is -0.277 e. The highest BCUT2D eigenvalue weighted by Crippen LogP contribution is 2.27. The molecule has 3 N–H and O–H groups in total. The Bertz CT molecular complexity index is 960. The second kappa shape index (κ2) is 6.12. The summed E-state index contributed by atoms with van der Waals surface area (Å²) >= 11 is 0. The zero-order valence-electron chi connectivity index (χ0n) is 14.0. The molecule has 2 atom stereocenters. The molecule has 3 heteroatoms. The molecule has 3 nitrogen and oxygen atoms in total. The van der Waals surface area contributed by atoms with Crippen LogP contribution in [0.1, 0.15) is 29.3 Å². The third-order valence-corrected chi connectivity index (χ3v) is 5.26. The molecule has 2 aliphatic rings. The molecular formula is C22H21N3. The monoisotopic (exact) mass is 327 g/mol. The number of rotatable bonds is 2. The van der Waals surface area contributed by atoms with E-state index in [9.17, 15) is 0 Å². The van der Waals surface area contributed by atoms with E-state index < -0.39 is 0 Å². The third-order valence-electron chi connectivity index (χ3n) is 5.26. The molecule has 0 saturated carbocycles. The van der Waals surface area contributed by atoms with Crippen LogP contribution in [0.4, 0.5) is 0 Å². The minimum absolute atomic E-state index is 0.118. The van der Waals surface area contributed by atoms with Crippen LogP contribution in [0.15, 0.2) is 72.3 Å². The summed E-state index contributed by atoms with van der Waals surface area (Å²) in [5.74, 6) is 0. The Morgan fingerprint density at radius 2 is 1.52 bits per heavy atom. The molecule has 1 fully saturated rings. The fraction of sp³-hybridized carbons (Fsp3) is 0.182. The molecule has 1 saturated heterocycles. The summed E-state index contributed by atoms with van der Waals surface area (Å²) in [7, 11) is 0. The maximum absolute atomic E-state index is 3.68. The SMILES string of the molecule is C1=C(C2NNC(c3ccc4ccccc4c3)N2)CCc2ccccc21. The fourth-order valence-corrected chi connectivity index (χ4v) is 3.86. The summed E-state index contributed by atoms with van der Waals surface area (Å²) in [6.45, 7) is 0. The average molecular weight is 327 g/mol. The van der Waals surface area contributed by atoms with E-state index in [1.54, 1.807) is 0 Å². The smallest absolute Gasteiger partial charge is 0.0978 e. The van der Waals surface area contributed by atoms with Gasteiger partial charge in [0.1, 0.15) is 0 Å². The average Bonchev–Trinajstić information content (AvgIpc) is 3.17. The molecule has 25 heavy (non-hydrogen) atoms. The van der Waals surface area contributed by atoms with Crippen LogP contribution in [0, 0.1) is 0 Å². The molecule has 1 aliphatic heterocycles. The Kier molecular flexibility index (Phi) is 3.63. The molecule has 0 aromatic heterocycles. The van der Waals surface area contributed by atoms with Gasteiger partial charge in [0.15, 0.2) is 0 Å². The number of hydrogen-bond donors (Lipinski definition) is 3. The van der Waals surface area contributed by atoms with Gasteiger partial charge in [0.25, 0.3) is 0 Å². The molecule has 0 spiro atoms. The van der Waals surface area contributed by atoms with Crippen molar-refractivity contribution in [3.05, 3.63) is 89.0 Å². The van der Waals surface area contributed by atoms with Gasteiger partial charge in [-0.1, -0.05) is 66.7 Å². The van der Waals surface area contributed by atoms with Crippen LogP contribution in [0.25, 0.3) is 16.8 Å². The number of hydrogen-bond acceptors (Lipinski definition) is 3. The predicted octanol–water partition coefficient (Wildman–Crippen LogP) is 3.89. The number of nitrogens with one attached hydrogen (secondary N) is 3. The number of aryl methyl sites for hydroxylation is 1. The van der Waals surface area contributed by atoms with Gasteiger partial charge in [0, 0.05) is 0 Å². The van der Waals surface area contributed by atoms with Crippen molar-refractivity contribution in [3.8, 4) is 0 Å². The molecule has 1 aliphatic carbocycles. The molecular weight excluding hydrogens is 306 g/mol. The zero-order chi connectivity index (χ0) is 16.6. The maximum Gasteiger partial charge on any atom is 0.0978 e. The quantitative estimate of drug-likeness (QED) is 0.668. The standard InChI is InChI=1S/C22H21N3/c1-3-7-17-13-19(11-9-15(17)5-1)21-23-22(25-24-21)20-12-10-16-6-2-4-8-18(16)14-20/h1-9,11,13-14,21-25H,10,12H2. The third kappa shape index (κ3) is 2.76. The first-order valence-electron chi connectivity index (χ1n) is 8.91. The van der Waals surface area contributed by atoms with Gasteiger partial charge in [-0.2, -0.15) is 0 Å². The lowest BCUT2D eigenvalue weighted by Crippen LogP contribution is -2.36. The Hall–Kier alpha value is -2.46. The van der Waals surface area contributed by atoms with E-state index in [1.165, 1.54) is 33.0 Å². The first-order valence-corrected chi connectivity index (χ1v) is 8.91. The molecule has 3 aromatic carbocycles. The fourth-order valence-electron chi connectivity index (χ4n) is 3.86. The van der Waals surface area contributed by atoms with Gasteiger partial charge in [-0.05, 0) is 51.9 Å². The Labute approximate surface area is 147 Å². The second-order valence-electron chi connectivity index (χ2n) is 6.85. The van der Waals surface area contributed by atoms with Crippen molar-refractivity contribution in [2.24, 2.45) is 0 Å². The summed E-state index contributed by atoms with van der Waals surface area (Å²) in [6.07, 6.45) is 4.82. The largest absolute Gasteiger partial charge is 0.277 e. The molecule has 5 rings (SSSR count). The zero-order valence-corrected chi connectivity index (χ0v) is 14.0. The van der Waals surface area contributed by atoms with Gasteiger partial charge in [0.05, 0.1) is 12.3 Å². The van der Waals surface area contributed by atoms with E-state index in [-0.39, 0.29) is 12.3 Å². The van der Waals surface area contributed by atoms with Crippen LogP contribution in [0.2, 0.25) is 0 Å². The minimum atomic E-state index is 0.118. The summed E-state index contributed by atoms with van der Waals surface area (Å²) < 4.78 is 0. The van der Waals surface area contributed by atoms with Crippen molar-refractivity contribution in [2.45, 2.75) is 25.2 Å². The maximum atomic E-state index is 3.68. The van der Waals surface area contributed by atoms with Crippen molar-refractivity contribution in [3.63, 3.8) is 0 Å². The Morgan fingerprint density at radius 1 is 0.720 bits per heavy atom. The lowest BCUT2D eigenvalue weighted by Gasteiger charge is -2.21. The summed E-state index contributed by atoms with van der Waals surface area (Å²) in [4.78, 5) is 0. The van der Waals surface area contributed by atoms with Gasteiger partial charge in [-0.25, -0.2) is 10.9 Å². The summed E-state index contributed by atoms with van der Waals surface area (Å²) in [5.41, 5.74) is 12.3. The normalized spacial score (nSPS) is 22.6. The molecule has 1 heterocycles. The molecule has 0 bridgehead atoms. The van der Waals surface area contributed by atoms with Crippen LogP contribution in [0.5, 0.6) is 0 Å². The molecule has 124 valence electrons. The molecule has 0 amide bonds. The van der Waals surface area contributed by atoms with Crippen LogP contribution in [0.3, 0.4) is 0 Å². The molecule has 3 aromatic rings. The van der Waals surface area contributed by atoms with Gasteiger partial charge < -0.3 is 0 Å². The highest BCUT2D eigenvalue weighted by Gasteiger charge is 2.27. The van der Waals surface area contributed by atoms with Gasteiger partial charge in [0.2, 0.25) is 0 Å². The predicted molar refractivity (Wildman–Crippen MR) is 103 cm³/mol. The lowest BCUT2D eigenvalue weighted by atomic mass is 9.91. The van der Waals surface area contributed by atoms with E-state index in [4.69, 9.17) is 0 Å². The Balaban J connectivity index is 1.38. The van der Waals surface area contributed by atoms with Crippen molar-refractivity contribution >= 4 is 16.8 Å². The van der Waals surface area contributed by atoms with Crippen molar-refractivity contribution in [1.29, 1.82) is 0 Å². The highest BCUT2D eigenvalue weighted by molar-refractivity contribution is 5.83. The first-order chi connectivity index (χ1) is 12.4. The number of fused-ring (bicyclic) bond motifs is 2. The summed E-state index contributed by atoms with van der Waals surface area (Å²) in [5, 5.41) is 6.24. The molecule has 0 radical (unpaired) electrons. The van der Waals surface area contributed by atoms with Crippen LogP contribution in [-0.4, -0.2) is 6.17 Å². The van der Waals surface area contributed by atoms with Gasteiger partial charge >= 0.3 is 0 Å². The van der Waals surface area contributed by atoms with Crippen LogP contribution < -0.4 is 16.2 Å². The highest BCUT2D eigenvalue weighted by atomic mass is 15.5. The van der Waals surface area contributed by atoms with Crippen molar-refractivity contribution < 1.29 is 0 Å². The van der Waals surface area contributed by atoms with Gasteiger partial charge in [-0.15, -0.1) is 0 Å². The van der Waals surface area contributed by atoms with E-state index in [0.29, 0.717) is 0 Å². The van der Waals surface area contributed by atoms with E-state index in [1.807, 2.05) is 0 Å². The van der Waals surface area contributed by atoms with Crippen LogP contribution >= 0.6 is 0 Å². The topological polar surface area (TPSA) is 36.1 Å². The first kappa shape index (κ1) is 14.8. The Morgan fingerprint density at radius 3 is 2.48 bits per heavy atom. The summed E-state index contributed by atoms with van der Waals surface area (Å²) in [6, 6.07) is 23.8. The second-order valence-corrected chi connectivity index (χ2v) is 6.85. The van der Waals surface area contributed by atoms with Crippen molar-refractivity contribution in [1.82, 2.24) is 16.2 Å². The number of hydrazine groups is 1. The van der Waals surface area contributed by atoms with E-state index in [2.05, 4.69) is 89.0 Å².